The van der Waals surface area contributed by atoms with Gasteiger partial charge in [-0.2, -0.15) is 0 Å². The maximum Gasteiger partial charge on any atom is 0.223 e. The second kappa shape index (κ2) is 7.95. The predicted molar refractivity (Wildman–Crippen MR) is 88.7 cm³/mol. The maximum absolute atomic E-state index is 12.3. The fourth-order valence-electron chi connectivity index (χ4n) is 3.50. The molecule has 2 aliphatic carbocycles. The highest BCUT2D eigenvalue weighted by Crippen LogP contribution is 2.32. The topological polar surface area (TPSA) is 54.9 Å². The number of carbonyl (C=O) groups is 1. The third-order valence-corrected chi connectivity index (χ3v) is 6.04. The fraction of sp³-hybridized carbons (Fsp3) is 0.706. The van der Waals surface area contributed by atoms with Crippen molar-refractivity contribution in [3.63, 3.8) is 0 Å². The van der Waals surface area contributed by atoms with E-state index in [0.29, 0.717) is 17.2 Å². The van der Waals surface area contributed by atoms with Crippen molar-refractivity contribution in [1.82, 2.24) is 15.3 Å². The molecule has 0 atom stereocenters. The summed E-state index contributed by atoms with van der Waals surface area (Å²) in [6.45, 7) is 0. The first-order chi connectivity index (χ1) is 10.8. The third kappa shape index (κ3) is 4.45. The van der Waals surface area contributed by atoms with E-state index in [1.54, 1.807) is 24.2 Å². The first-order valence-electron chi connectivity index (χ1n) is 8.55. The van der Waals surface area contributed by atoms with Crippen molar-refractivity contribution in [2.75, 3.05) is 0 Å². The van der Waals surface area contributed by atoms with Gasteiger partial charge in [-0.15, -0.1) is 0 Å². The molecule has 2 saturated carbocycles. The number of hydrogen-bond donors (Lipinski definition) is 1. The molecule has 4 nitrogen and oxygen atoms in total. The molecule has 1 aromatic rings. The molecule has 1 heterocycles. The number of thioether (sulfide) groups is 1. The van der Waals surface area contributed by atoms with Crippen molar-refractivity contribution < 1.29 is 4.79 Å². The Balaban J connectivity index is 1.40. The zero-order valence-electron chi connectivity index (χ0n) is 13.0. The molecular weight excluding hydrogens is 294 g/mol. The lowest BCUT2D eigenvalue weighted by molar-refractivity contribution is -0.126. The van der Waals surface area contributed by atoms with E-state index >= 15 is 0 Å². The molecule has 22 heavy (non-hydrogen) atoms. The first kappa shape index (κ1) is 15.8. The molecule has 0 spiro atoms. The summed E-state index contributed by atoms with van der Waals surface area (Å²) in [6.07, 6.45) is 14.0. The van der Waals surface area contributed by atoms with Crippen LogP contribution in [0.15, 0.2) is 23.6 Å². The van der Waals surface area contributed by atoms with Gasteiger partial charge < -0.3 is 5.32 Å². The Morgan fingerprint density at radius 1 is 1.00 bits per heavy atom. The van der Waals surface area contributed by atoms with E-state index in [1.165, 1.54) is 19.3 Å². The van der Waals surface area contributed by atoms with Crippen molar-refractivity contribution in [2.24, 2.45) is 5.92 Å². The Morgan fingerprint density at radius 2 is 1.68 bits per heavy atom. The average molecular weight is 319 g/mol. The summed E-state index contributed by atoms with van der Waals surface area (Å²) in [5.74, 6) is 0.584. The van der Waals surface area contributed by atoms with Crippen LogP contribution in [0, 0.1) is 5.92 Å². The zero-order chi connectivity index (χ0) is 15.2. The highest BCUT2D eigenvalue weighted by atomic mass is 32.2. The number of amides is 1. The lowest BCUT2D eigenvalue weighted by Crippen LogP contribution is -2.41. The van der Waals surface area contributed by atoms with E-state index in [1.807, 2.05) is 6.07 Å². The quantitative estimate of drug-likeness (QED) is 0.862. The van der Waals surface area contributed by atoms with Crippen molar-refractivity contribution in [2.45, 2.75) is 74.2 Å². The Kier molecular flexibility index (Phi) is 5.70. The minimum Gasteiger partial charge on any atom is -0.353 e. The van der Waals surface area contributed by atoms with Gasteiger partial charge in [-0.25, -0.2) is 9.97 Å². The summed E-state index contributed by atoms with van der Waals surface area (Å²) in [6, 6.07) is 2.23. The van der Waals surface area contributed by atoms with Crippen LogP contribution >= 0.6 is 11.8 Å². The summed E-state index contributed by atoms with van der Waals surface area (Å²) >= 11 is 1.78. The SMILES string of the molecule is O=C(NC1CCC(Sc2ncccn2)CC1)C1CCCCC1. The van der Waals surface area contributed by atoms with Gasteiger partial charge in [-0.05, 0) is 44.6 Å². The van der Waals surface area contributed by atoms with Crippen LogP contribution in [0.2, 0.25) is 0 Å². The molecule has 1 aromatic heterocycles. The summed E-state index contributed by atoms with van der Waals surface area (Å²) < 4.78 is 0. The van der Waals surface area contributed by atoms with E-state index in [-0.39, 0.29) is 5.92 Å². The van der Waals surface area contributed by atoms with Crippen LogP contribution in [0.3, 0.4) is 0 Å². The number of rotatable bonds is 4. The van der Waals surface area contributed by atoms with Crippen LogP contribution < -0.4 is 5.32 Å². The smallest absolute Gasteiger partial charge is 0.223 e. The lowest BCUT2D eigenvalue weighted by atomic mass is 9.87. The van der Waals surface area contributed by atoms with Crippen molar-refractivity contribution >= 4 is 17.7 Å². The Bertz CT molecular complexity index is 468. The van der Waals surface area contributed by atoms with Crippen LogP contribution in [-0.2, 0) is 4.79 Å². The van der Waals surface area contributed by atoms with Crippen molar-refractivity contribution in [1.29, 1.82) is 0 Å². The van der Waals surface area contributed by atoms with Gasteiger partial charge in [-0.3, -0.25) is 4.79 Å². The number of aromatic nitrogens is 2. The average Bonchev–Trinajstić information content (AvgIpc) is 2.58. The van der Waals surface area contributed by atoms with E-state index < -0.39 is 0 Å². The molecular formula is C17H25N3OS. The fourth-order valence-corrected chi connectivity index (χ4v) is 4.55. The molecule has 0 aliphatic heterocycles. The largest absolute Gasteiger partial charge is 0.353 e. The van der Waals surface area contributed by atoms with Crippen LogP contribution in [0.25, 0.3) is 0 Å². The molecule has 0 saturated heterocycles. The normalized spacial score (nSPS) is 26.5. The van der Waals surface area contributed by atoms with E-state index in [4.69, 9.17) is 0 Å². The minimum absolute atomic E-state index is 0.276. The Morgan fingerprint density at radius 3 is 2.36 bits per heavy atom. The molecule has 1 amide bonds. The van der Waals surface area contributed by atoms with E-state index in [0.717, 1.165) is 43.7 Å². The molecule has 0 aromatic carbocycles. The summed E-state index contributed by atoms with van der Waals surface area (Å²) in [7, 11) is 0. The number of carbonyl (C=O) groups excluding carboxylic acids is 1. The molecule has 3 rings (SSSR count). The van der Waals surface area contributed by atoms with Crippen LogP contribution in [0.1, 0.15) is 57.8 Å². The molecule has 5 heteroatoms. The third-order valence-electron chi connectivity index (χ3n) is 4.81. The molecule has 120 valence electrons. The van der Waals surface area contributed by atoms with Crippen molar-refractivity contribution in [3.8, 4) is 0 Å². The number of nitrogens with one attached hydrogen (secondary N) is 1. The second-order valence-electron chi connectivity index (χ2n) is 6.47. The Labute approximate surface area is 136 Å². The Hall–Kier alpha value is -1.10. The minimum atomic E-state index is 0.276. The summed E-state index contributed by atoms with van der Waals surface area (Å²) in [5, 5.41) is 4.75. The summed E-state index contributed by atoms with van der Waals surface area (Å²) in [4.78, 5) is 20.9. The second-order valence-corrected chi connectivity index (χ2v) is 7.73. The van der Waals surface area contributed by atoms with Gasteiger partial charge in [0.2, 0.25) is 5.91 Å². The van der Waals surface area contributed by atoms with E-state index in [9.17, 15) is 4.79 Å². The van der Waals surface area contributed by atoms with Gasteiger partial charge in [-0.1, -0.05) is 31.0 Å². The lowest BCUT2D eigenvalue weighted by Gasteiger charge is -2.30. The standard InChI is InChI=1S/C17H25N3OS/c21-16(13-5-2-1-3-6-13)20-14-7-9-15(10-8-14)22-17-18-11-4-12-19-17/h4,11-15H,1-3,5-10H2,(H,20,21). The predicted octanol–water partition coefficient (Wildman–Crippen LogP) is 3.58. The number of nitrogens with zero attached hydrogens (tertiary/aromatic N) is 2. The van der Waals surface area contributed by atoms with Gasteiger partial charge in [0, 0.05) is 29.6 Å². The number of hydrogen-bond acceptors (Lipinski definition) is 4. The maximum atomic E-state index is 12.3. The summed E-state index contributed by atoms with van der Waals surface area (Å²) in [5.41, 5.74) is 0. The van der Waals surface area contributed by atoms with Gasteiger partial charge in [0.25, 0.3) is 0 Å². The van der Waals surface area contributed by atoms with Gasteiger partial charge in [0.15, 0.2) is 5.16 Å². The van der Waals surface area contributed by atoms with Crippen LogP contribution in [-0.4, -0.2) is 27.2 Å². The zero-order valence-corrected chi connectivity index (χ0v) is 13.9. The van der Waals surface area contributed by atoms with Crippen LogP contribution in [0.5, 0.6) is 0 Å². The van der Waals surface area contributed by atoms with Gasteiger partial charge >= 0.3 is 0 Å². The molecule has 2 fully saturated rings. The van der Waals surface area contributed by atoms with E-state index in [2.05, 4.69) is 15.3 Å². The van der Waals surface area contributed by atoms with Crippen LogP contribution in [0.4, 0.5) is 0 Å². The van der Waals surface area contributed by atoms with Crippen molar-refractivity contribution in [3.05, 3.63) is 18.5 Å². The van der Waals surface area contributed by atoms with Gasteiger partial charge in [0.1, 0.15) is 0 Å². The first-order valence-corrected chi connectivity index (χ1v) is 9.43. The molecule has 0 bridgehead atoms. The molecule has 0 unspecified atom stereocenters. The molecule has 1 N–H and O–H groups in total. The highest BCUT2D eigenvalue weighted by molar-refractivity contribution is 7.99. The molecule has 2 aliphatic rings. The molecule has 0 radical (unpaired) electrons. The monoisotopic (exact) mass is 319 g/mol. The highest BCUT2D eigenvalue weighted by Gasteiger charge is 2.27. The van der Waals surface area contributed by atoms with Gasteiger partial charge in [0.05, 0.1) is 0 Å².